The molecule has 0 bridgehead atoms. The minimum Gasteiger partial charge on any atom is -0.671 e. The summed E-state index contributed by atoms with van der Waals surface area (Å²) < 4.78 is 24.6. The van der Waals surface area contributed by atoms with Gasteiger partial charge in [0.2, 0.25) is 23.5 Å². The zero-order valence-corrected chi connectivity index (χ0v) is 49.6. The summed E-state index contributed by atoms with van der Waals surface area (Å²) in [5.74, 6) is 1.89. The summed E-state index contributed by atoms with van der Waals surface area (Å²) in [7, 11) is 12.8. The van der Waals surface area contributed by atoms with E-state index in [-0.39, 0.29) is 27.2 Å². The quantitative estimate of drug-likeness (QED) is 0.0747. The van der Waals surface area contributed by atoms with Gasteiger partial charge in [-0.15, -0.1) is 12.1 Å². The number of hydrogen-bond donors (Lipinski definition) is 0. The van der Waals surface area contributed by atoms with Crippen LogP contribution in [0.1, 0.15) is 74.1 Å². The van der Waals surface area contributed by atoms with Crippen molar-refractivity contribution in [2.75, 3.05) is 28.4 Å². The minimum absolute atomic E-state index is 0.320. The second kappa shape index (κ2) is 27.5. The SMILES string of the molecule is COc1cc([PH+](c2c(C)cccc2C)c2c(C)cccc2C)c(-c2c([PH+](c3c(C)cccc3C)c3c(C)cccc3C)cc(OC)nc2OC)c(OC)n1.[Cl][Ru+2][Cl].[NH-][C@H](C[C@@H]([NH-])c1ccccc1)c1ccccc1. The molecular formula is C61H68Cl2N4O4P2Ru+2. The molecule has 386 valence electrons. The third-order valence-corrected chi connectivity index (χ3v) is 20.3. The van der Waals surface area contributed by atoms with Gasteiger partial charge in [-0.2, -0.15) is 9.97 Å². The summed E-state index contributed by atoms with van der Waals surface area (Å²) in [6.45, 7) is 17.8. The van der Waals surface area contributed by atoms with Crippen molar-refractivity contribution in [2.24, 2.45) is 0 Å². The molecule has 0 aliphatic rings. The number of benzene rings is 6. The summed E-state index contributed by atoms with van der Waals surface area (Å²) in [4.78, 5) is 10.0. The van der Waals surface area contributed by atoms with Crippen molar-refractivity contribution in [3.63, 3.8) is 0 Å². The van der Waals surface area contributed by atoms with Crippen molar-refractivity contribution < 1.29 is 34.1 Å². The number of hydrogen-bond acceptors (Lipinski definition) is 6. The number of methoxy groups -OCH3 is 4. The molecule has 8 nitrogen and oxygen atoms in total. The Morgan fingerprint density at radius 2 is 0.676 bits per heavy atom. The Balaban J connectivity index is 0.000000372. The molecule has 0 amide bonds. The number of rotatable bonds is 15. The molecular weight excluding hydrogens is 1090 g/mol. The molecule has 6 aromatic carbocycles. The van der Waals surface area contributed by atoms with Gasteiger partial charge in [0.1, 0.15) is 47.7 Å². The average Bonchev–Trinajstić information content (AvgIpc) is 3.39. The first-order valence-electron chi connectivity index (χ1n) is 24.3. The van der Waals surface area contributed by atoms with Gasteiger partial charge < -0.3 is 30.4 Å². The number of halogens is 2. The maximum absolute atomic E-state index is 8.07. The number of nitrogens with one attached hydrogen (secondary N) is 2. The molecule has 0 radical (unpaired) electrons. The van der Waals surface area contributed by atoms with Gasteiger partial charge in [0.05, 0.1) is 39.6 Å². The first-order chi connectivity index (χ1) is 35.6. The van der Waals surface area contributed by atoms with Crippen molar-refractivity contribution in [1.82, 2.24) is 9.97 Å². The summed E-state index contributed by atoms with van der Waals surface area (Å²) in [5.41, 5.74) is 29.8. The molecule has 0 fully saturated rings. The van der Waals surface area contributed by atoms with E-state index >= 15 is 0 Å². The van der Waals surface area contributed by atoms with Crippen LogP contribution >= 0.6 is 35.2 Å². The van der Waals surface area contributed by atoms with Gasteiger partial charge in [-0.1, -0.05) is 151 Å². The molecule has 0 spiro atoms. The number of aryl methyl sites for hydroxylation is 8. The Morgan fingerprint density at radius 1 is 0.419 bits per heavy atom. The van der Waals surface area contributed by atoms with Crippen LogP contribution in [0, 0.1) is 55.4 Å². The van der Waals surface area contributed by atoms with Crippen LogP contribution in [0.25, 0.3) is 22.6 Å². The van der Waals surface area contributed by atoms with E-state index in [9.17, 15) is 0 Å². The topological polar surface area (TPSA) is 110 Å². The fraction of sp³-hybridized carbons (Fsp3) is 0.246. The molecule has 0 aliphatic heterocycles. The van der Waals surface area contributed by atoms with Gasteiger partial charge in [-0.25, -0.2) is 0 Å². The molecule has 0 saturated carbocycles. The molecule has 2 aromatic heterocycles. The Labute approximate surface area is 457 Å². The van der Waals surface area contributed by atoms with Crippen molar-refractivity contribution in [3.8, 4) is 34.6 Å². The van der Waals surface area contributed by atoms with Gasteiger partial charge >= 0.3 is 34.5 Å². The summed E-state index contributed by atoms with van der Waals surface area (Å²) >= 11 is -0.346. The molecule has 0 aliphatic carbocycles. The van der Waals surface area contributed by atoms with Crippen LogP contribution in [-0.2, 0) is 15.1 Å². The molecule has 13 heteroatoms. The zero-order chi connectivity index (χ0) is 53.6. The van der Waals surface area contributed by atoms with Gasteiger partial charge in [-0.3, -0.25) is 0 Å². The second-order valence-corrected chi connectivity index (χ2v) is 25.4. The van der Waals surface area contributed by atoms with Crippen molar-refractivity contribution in [3.05, 3.63) is 213 Å². The Hall–Kier alpha value is -5.20. The molecule has 0 saturated heterocycles. The van der Waals surface area contributed by atoms with Crippen LogP contribution in [0.15, 0.2) is 146 Å². The molecule has 2 atom stereocenters. The van der Waals surface area contributed by atoms with Gasteiger partial charge in [0, 0.05) is 12.1 Å². The second-order valence-electron chi connectivity index (χ2n) is 18.2. The van der Waals surface area contributed by atoms with E-state index in [0.29, 0.717) is 29.9 Å². The number of ether oxygens (including phenoxy) is 4. The average molecular weight is 1160 g/mol. The van der Waals surface area contributed by atoms with Crippen LogP contribution in [0.4, 0.5) is 0 Å². The monoisotopic (exact) mass is 1150 g/mol. The van der Waals surface area contributed by atoms with Crippen LogP contribution in [0.5, 0.6) is 23.5 Å². The van der Waals surface area contributed by atoms with E-state index in [1.807, 2.05) is 60.7 Å². The molecule has 8 rings (SSSR count). The van der Waals surface area contributed by atoms with E-state index in [4.69, 9.17) is 59.8 Å². The van der Waals surface area contributed by atoms with Gasteiger partial charge in [0.25, 0.3) is 0 Å². The van der Waals surface area contributed by atoms with Crippen LogP contribution in [0.2, 0.25) is 0 Å². The predicted octanol–water partition coefficient (Wildman–Crippen LogP) is 14.0. The Bertz CT molecular complexity index is 2760. The number of aromatic nitrogens is 2. The van der Waals surface area contributed by atoms with E-state index in [1.54, 1.807) is 28.4 Å². The van der Waals surface area contributed by atoms with E-state index in [1.165, 1.54) is 65.7 Å². The minimum atomic E-state index is -1.78. The third-order valence-electron chi connectivity index (χ3n) is 13.3. The Kier molecular flexibility index (Phi) is 21.6. The summed E-state index contributed by atoms with van der Waals surface area (Å²) in [6, 6.07) is 49.5. The van der Waals surface area contributed by atoms with Crippen molar-refractivity contribution in [2.45, 2.75) is 73.9 Å². The fourth-order valence-corrected chi connectivity index (χ4v) is 16.8. The van der Waals surface area contributed by atoms with Gasteiger partial charge in [0.15, 0.2) is 0 Å². The van der Waals surface area contributed by atoms with E-state index < -0.39 is 15.8 Å². The molecule has 8 aromatic rings. The third kappa shape index (κ3) is 13.4. The first kappa shape index (κ1) is 58.1. The maximum atomic E-state index is 8.07. The van der Waals surface area contributed by atoms with Crippen LogP contribution in [-0.4, -0.2) is 38.4 Å². The van der Waals surface area contributed by atoms with Crippen LogP contribution < -0.4 is 50.8 Å². The number of pyridine rings is 2. The molecule has 0 unspecified atom stereocenters. The predicted molar refractivity (Wildman–Crippen MR) is 315 cm³/mol. The van der Waals surface area contributed by atoms with E-state index in [2.05, 4.69) is 140 Å². The summed E-state index contributed by atoms with van der Waals surface area (Å²) in [5, 5.41) is 7.49. The zero-order valence-electron chi connectivity index (χ0n) is 44.4. The molecule has 2 N–H and O–H groups in total. The van der Waals surface area contributed by atoms with Crippen molar-refractivity contribution >= 4 is 67.1 Å². The van der Waals surface area contributed by atoms with Crippen molar-refractivity contribution in [1.29, 1.82) is 0 Å². The molecule has 74 heavy (non-hydrogen) atoms. The fourth-order valence-electron chi connectivity index (χ4n) is 9.88. The summed E-state index contributed by atoms with van der Waals surface area (Å²) in [6.07, 6.45) is 0.536. The van der Waals surface area contributed by atoms with Crippen LogP contribution in [0.3, 0.4) is 0 Å². The first-order valence-corrected chi connectivity index (χ1v) is 31.8. The van der Waals surface area contributed by atoms with Gasteiger partial charge in [-0.05, 0) is 99.9 Å². The number of nitrogens with zero attached hydrogens (tertiary/aromatic N) is 2. The van der Waals surface area contributed by atoms with E-state index in [0.717, 1.165) is 32.9 Å². The normalized spacial score (nSPS) is 11.8. The Morgan fingerprint density at radius 3 is 0.905 bits per heavy atom. The molecule has 2 heterocycles. The maximum Gasteiger partial charge on any atom is -0.0605 e. The largest absolute Gasteiger partial charge is 0.671 e. The smallest absolute Gasteiger partial charge is 0.0605 e. The standard InChI is InChI=1S/C46H50N2O4P2.C15H16N2.2ClH.Ru/c1-27-17-13-18-28(2)41(27)53(42-29(3)19-14-20-30(42)4)35-25-37(49-9)47-45(51-11)39(35)40-36(26-38(50-10)48-46(40)52-12)54(43-31(5)21-15-22-32(43)6)44-33(7)23-16-24-34(44)8;16-14(12-7-3-1-4-8-12)11-15(17)13-9-5-2-6-10-13;;;/h13-26H,1-12H3;1-10,14-17H,11H2;2*1H;/q;-2;;;+4/t;14-,15-;;;/m.1.../s1.